The zero-order valence-corrected chi connectivity index (χ0v) is 8.77. The monoisotopic (exact) mass is 195 g/mol. The Balaban J connectivity index is 4.27. The Hall–Kier alpha value is -0.130. The molecule has 0 aromatic heterocycles. The molecule has 0 aliphatic carbocycles. The van der Waals surface area contributed by atoms with Crippen LogP contribution >= 0.6 is 0 Å². The Bertz CT molecular complexity index is 226. The van der Waals surface area contributed by atoms with E-state index in [1.807, 2.05) is 0 Å². The summed E-state index contributed by atoms with van der Waals surface area (Å²) in [6.07, 6.45) is -0.651. The molecule has 0 saturated heterocycles. The SMILES string of the molecule is C[C@H](O)CNS(=O)(=O)C(C)(C)C. The van der Waals surface area contributed by atoms with Gasteiger partial charge in [0.05, 0.1) is 10.9 Å². The zero-order valence-electron chi connectivity index (χ0n) is 7.96. The quantitative estimate of drug-likeness (QED) is 0.670. The first-order valence-electron chi connectivity index (χ1n) is 3.84. The summed E-state index contributed by atoms with van der Waals surface area (Å²) in [7, 11) is -3.30. The van der Waals surface area contributed by atoms with E-state index in [0.717, 1.165) is 0 Å². The molecule has 4 nitrogen and oxygen atoms in total. The van der Waals surface area contributed by atoms with Gasteiger partial charge in [-0.05, 0) is 27.7 Å². The Labute approximate surface area is 74.0 Å². The summed E-state index contributed by atoms with van der Waals surface area (Å²) < 4.78 is 24.2. The molecule has 0 unspecified atom stereocenters. The smallest absolute Gasteiger partial charge is 0.216 e. The third-order valence-corrected chi connectivity index (χ3v) is 3.53. The van der Waals surface area contributed by atoms with Gasteiger partial charge in [-0.1, -0.05) is 0 Å². The van der Waals surface area contributed by atoms with Gasteiger partial charge < -0.3 is 5.11 Å². The lowest BCUT2D eigenvalue weighted by molar-refractivity contribution is 0.198. The van der Waals surface area contributed by atoms with E-state index >= 15 is 0 Å². The van der Waals surface area contributed by atoms with Crippen molar-refractivity contribution in [2.45, 2.75) is 38.5 Å². The number of sulfonamides is 1. The van der Waals surface area contributed by atoms with Crippen LogP contribution in [0.5, 0.6) is 0 Å². The summed E-state index contributed by atoms with van der Waals surface area (Å²) in [6, 6.07) is 0. The molecule has 0 aliphatic rings. The molecule has 0 saturated carbocycles. The number of hydrogen-bond acceptors (Lipinski definition) is 3. The first kappa shape index (κ1) is 11.9. The number of aliphatic hydroxyl groups is 1. The van der Waals surface area contributed by atoms with Crippen LogP contribution in [-0.2, 0) is 10.0 Å². The molecule has 0 aromatic carbocycles. The molecule has 0 spiro atoms. The summed E-state index contributed by atoms with van der Waals surface area (Å²) in [5.41, 5.74) is 0. The van der Waals surface area contributed by atoms with Crippen molar-refractivity contribution >= 4 is 10.0 Å². The summed E-state index contributed by atoms with van der Waals surface area (Å²) >= 11 is 0. The summed E-state index contributed by atoms with van der Waals surface area (Å²) in [4.78, 5) is 0. The van der Waals surface area contributed by atoms with Crippen LogP contribution in [0.1, 0.15) is 27.7 Å². The molecule has 0 bridgehead atoms. The lowest BCUT2D eigenvalue weighted by Crippen LogP contribution is -2.42. The topological polar surface area (TPSA) is 66.4 Å². The Morgan fingerprint density at radius 1 is 1.42 bits per heavy atom. The molecular weight excluding hydrogens is 178 g/mol. The second kappa shape index (κ2) is 3.72. The first-order chi connectivity index (χ1) is 5.17. The molecule has 0 heterocycles. The standard InChI is InChI=1S/C7H17NO3S/c1-6(9)5-8-12(10,11)7(2,3)4/h6,8-9H,5H2,1-4H3/t6-/m0/s1. The molecule has 0 radical (unpaired) electrons. The van der Waals surface area contributed by atoms with Gasteiger partial charge in [0.2, 0.25) is 10.0 Å². The third-order valence-electron chi connectivity index (χ3n) is 1.37. The van der Waals surface area contributed by atoms with E-state index in [1.54, 1.807) is 20.8 Å². The maximum atomic E-state index is 11.3. The number of aliphatic hydroxyl groups excluding tert-OH is 1. The van der Waals surface area contributed by atoms with Crippen LogP contribution in [0, 0.1) is 0 Å². The summed E-state index contributed by atoms with van der Waals surface area (Å²) in [6.45, 7) is 6.43. The fraction of sp³-hybridized carbons (Fsp3) is 1.00. The van der Waals surface area contributed by atoms with E-state index in [9.17, 15) is 8.42 Å². The van der Waals surface area contributed by atoms with Gasteiger partial charge in [0.15, 0.2) is 0 Å². The zero-order chi connectivity index (χ0) is 9.99. The number of rotatable bonds is 3. The van der Waals surface area contributed by atoms with Crippen LogP contribution in [0.2, 0.25) is 0 Å². The van der Waals surface area contributed by atoms with Gasteiger partial charge >= 0.3 is 0 Å². The molecule has 0 rings (SSSR count). The molecular formula is C7H17NO3S. The molecule has 1 atom stereocenters. The Morgan fingerprint density at radius 3 is 2.08 bits per heavy atom. The van der Waals surface area contributed by atoms with Gasteiger partial charge in [-0.2, -0.15) is 0 Å². The largest absolute Gasteiger partial charge is 0.392 e. The van der Waals surface area contributed by atoms with Crippen molar-refractivity contribution in [1.82, 2.24) is 4.72 Å². The molecule has 0 aromatic rings. The predicted octanol–water partition coefficient (Wildman–Crippen LogP) is 0.0851. The van der Waals surface area contributed by atoms with Gasteiger partial charge in [0, 0.05) is 6.54 Å². The van der Waals surface area contributed by atoms with E-state index < -0.39 is 20.9 Å². The molecule has 0 aliphatic heterocycles. The second-order valence-electron chi connectivity index (χ2n) is 3.81. The van der Waals surface area contributed by atoms with Crippen molar-refractivity contribution in [3.05, 3.63) is 0 Å². The van der Waals surface area contributed by atoms with Crippen LogP contribution in [0.3, 0.4) is 0 Å². The highest BCUT2D eigenvalue weighted by atomic mass is 32.2. The van der Waals surface area contributed by atoms with Gasteiger partial charge in [0.25, 0.3) is 0 Å². The Kier molecular flexibility index (Phi) is 3.68. The predicted molar refractivity (Wildman–Crippen MR) is 48.4 cm³/mol. The van der Waals surface area contributed by atoms with Crippen molar-refractivity contribution in [2.75, 3.05) is 6.54 Å². The third kappa shape index (κ3) is 3.51. The van der Waals surface area contributed by atoms with Crippen molar-refractivity contribution in [1.29, 1.82) is 0 Å². The lowest BCUT2D eigenvalue weighted by Gasteiger charge is -2.20. The fourth-order valence-electron chi connectivity index (χ4n) is 0.447. The van der Waals surface area contributed by atoms with Gasteiger partial charge in [-0.3, -0.25) is 0 Å². The summed E-state index contributed by atoms with van der Waals surface area (Å²) in [5, 5.41) is 8.85. The van der Waals surface area contributed by atoms with E-state index in [4.69, 9.17) is 5.11 Å². The van der Waals surface area contributed by atoms with Crippen molar-refractivity contribution < 1.29 is 13.5 Å². The minimum atomic E-state index is -3.30. The van der Waals surface area contributed by atoms with E-state index in [0.29, 0.717) is 0 Å². The van der Waals surface area contributed by atoms with Crippen LogP contribution in [0.25, 0.3) is 0 Å². The van der Waals surface area contributed by atoms with Gasteiger partial charge in [-0.15, -0.1) is 0 Å². The molecule has 0 amide bonds. The van der Waals surface area contributed by atoms with Gasteiger partial charge in [0.1, 0.15) is 0 Å². The second-order valence-corrected chi connectivity index (χ2v) is 6.33. The average molecular weight is 195 g/mol. The van der Waals surface area contributed by atoms with Crippen molar-refractivity contribution in [3.8, 4) is 0 Å². The van der Waals surface area contributed by atoms with Crippen LogP contribution in [-0.4, -0.2) is 30.9 Å². The lowest BCUT2D eigenvalue weighted by atomic mass is 10.3. The highest BCUT2D eigenvalue weighted by molar-refractivity contribution is 7.90. The molecule has 0 fully saturated rings. The molecule has 5 heteroatoms. The average Bonchev–Trinajstić information content (AvgIpc) is 1.81. The fourth-order valence-corrected chi connectivity index (χ4v) is 1.34. The van der Waals surface area contributed by atoms with Crippen LogP contribution in [0.15, 0.2) is 0 Å². The minimum absolute atomic E-state index is 0.0691. The number of nitrogens with one attached hydrogen (secondary N) is 1. The van der Waals surface area contributed by atoms with Crippen molar-refractivity contribution in [3.63, 3.8) is 0 Å². The minimum Gasteiger partial charge on any atom is -0.392 e. The van der Waals surface area contributed by atoms with E-state index in [1.165, 1.54) is 6.92 Å². The Morgan fingerprint density at radius 2 is 1.83 bits per heavy atom. The van der Waals surface area contributed by atoms with Crippen LogP contribution in [0.4, 0.5) is 0 Å². The van der Waals surface area contributed by atoms with E-state index in [2.05, 4.69) is 4.72 Å². The highest BCUT2D eigenvalue weighted by Gasteiger charge is 2.28. The first-order valence-corrected chi connectivity index (χ1v) is 5.32. The maximum Gasteiger partial charge on any atom is 0.216 e. The van der Waals surface area contributed by atoms with Crippen molar-refractivity contribution in [2.24, 2.45) is 0 Å². The maximum absolute atomic E-state index is 11.3. The normalized spacial score (nSPS) is 16.1. The number of hydrogen-bond donors (Lipinski definition) is 2. The highest BCUT2D eigenvalue weighted by Crippen LogP contribution is 2.12. The van der Waals surface area contributed by atoms with Crippen LogP contribution < -0.4 is 4.72 Å². The molecule has 2 N–H and O–H groups in total. The van der Waals surface area contributed by atoms with Gasteiger partial charge in [-0.25, -0.2) is 13.1 Å². The molecule has 74 valence electrons. The van der Waals surface area contributed by atoms with E-state index in [-0.39, 0.29) is 6.54 Å². The summed E-state index contributed by atoms with van der Waals surface area (Å²) in [5.74, 6) is 0. The molecule has 12 heavy (non-hydrogen) atoms.